The lowest BCUT2D eigenvalue weighted by atomic mass is 9.96. The van der Waals surface area contributed by atoms with Crippen LogP contribution in [0.15, 0.2) is 30.3 Å². The Morgan fingerprint density at radius 1 is 1.29 bits per heavy atom. The fourth-order valence-electron chi connectivity index (χ4n) is 2.64. The largest absolute Gasteiger partial charge is 0.469 e. The topological polar surface area (TPSA) is 66.8 Å². The van der Waals surface area contributed by atoms with E-state index in [2.05, 4.69) is 0 Å². The second kappa shape index (κ2) is 7.22. The van der Waals surface area contributed by atoms with Crippen molar-refractivity contribution in [1.29, 1.82) is 0 Å². The molecule has 5 nitrogen and oxygen atoms in total. The molecule has 1 saturated heterocycles. The number of carbonyl (C=O) groups is 2. The van der Waals surface area contributed by atoms with Gasteiger partial charge >= 0.3 is 5.97 Å². The molecule has 0 aromatic heterocycles. The smallest absolute Gasteiger partial charge is 0.308 e. The number of esters is 1. The highest BCUT2D eigenvalue weighted by atomic mass is 16.5. The van der Waals surface area contributed by atoms with Crippen LogP contribution in [0.3, 0.4) is 0 Å². The van der Waals surface area contributed by atoms with E-state index in [0.717, 1.165) is 5.56 Å². The molecule has 1 aliphatic heterocycles. The minimum Gasteiger partial charge on any atom is -0.469 e. The van der Waals surface area contributed by atoms with Gasteiger partial charge < -0.3 is 14.7 Å². The van der Waals surface area contributed by atoms with E-state index in [1.807, 2.05) is 30.3 Å². The van der Waals surface area contributed by atoms with E-state index < -0.39 is 6.10 Å². The van der Waals surface area contributed by atoms with Crippen LogP contribution >= 0.6 is 0 Å². The second-order valence-corrected chi connectivity index (χ2v) is 5.33. The molecule has 5 heteroatoms. The number of hydrogen-bond acceptors (Lipinski definition) is 4. The van der Waals surface area contributed by atoms with Gasteiger partial charge in [0.05, 0.1) is 13.0 Å². The lowest BCUT2D eigenvalue weighted by Crippen LogP contribution is -2.45. The van der Waals surface area contributed by atoms with Crippen molar-refractivity contribution in [2.45, 2.75) is 25.4 Å². The predicted octanol–water partition coefficient (Wildman–Crippen LogP) is 1.00. The molecule has 1 atom stereocenters. The molecule has 0 bridgehead atoms. The van der Waals surface area contributed by atoms with Gasteiger partial charge in [-0.25, -0.2) is 0 Å². The van der Waals surface area contributed by atoms with Crippen molar-refractivity contribution >= 4 is 11.9 Å². The maximum atomic E-state index is 12.2. The van der Waals surface area contributed by atoms with Gasteiger partial charge in [-0.2, -0.15) is 0 Å². The molecular formula is C16H21NO4. The third-order valence-corrected chi connectivity index (χ3v) is 3.90. The minimum atomic E-state index is -1.03. The first kappa shape index (κ1) is 15.5. The third-order valence-electron chi connectivity index (χ3n) is 3.90. The number of piperidine rings is 1. The molecule has 1 amide bonds. The highest BCUT2D eigenvalue weighted by molar-refractivity contribution is 5.81. The number of aliphatic hydroxyl groups is 1. The van der Waals surface area contributed by atoms with Crippen LogP contribution in [0, 0.1) is 5.92 Å². The Hall–Kier alpha value is -1.88. The molecule has 21 heavy (non-hydrogen) atoms. The lowest BCUT2D eigenvalue weighted by Gasteiger charge is -2.32. The van der Waals surface area contributed by atoms with E-state index in [1.54, 1.807) is 4.90 Å². The molecule has 0 unspecified atom stereocenters. The highest BCUT2D eigenvalue weighted by Crippen LogP contribution is 2.19. The van der Waals surface area contributed by atoms with Crippen molar-refractivity contribution < 1.29 is 19.4 Å². The van der Waals surface area contributed by atoms with Crippen LogP contribution in [-0.4, -0.2) is 48.2 Å². The second-order valence-electron chi connectivity index (χ2n) is 5.33. The zero-order valence-electron chi connectivity index (χ0n) is 12.2. The Morgan fingerprint density at radius 3 is 2.48 bits per heavy atom. The van der Waals surface area contributed by atoms with Crippen molar-refractivity contribution in [1.82, 2.24) is 4.90 Å². The van der Waals surface area contributed by atoms with Crippen LogP contribution in [-0.2, 0) is 20.7 Å². The summed E-state index contributed by atoms with van der Waals surface area (Å²) in [4.78, 5) is 25.3. The van der Waals surface area contributed by atoms with Crippen molar-refractivity contribution in [3.63, 3.8) is 0 Å². The lowest BCUT2D eigenvalue weighted by molar-refractivity contribution is -0.150. The van der Waals surface area contributed by atoms with Crippen molar-refractivity contribution in [2.75, 3.05) is 20.2 Å². The van der Waals surface area contributed by atoms with Crippen LogP contribution in [0.25, 0.3) is 0 Å². The van der Waals surface area contributed by atoms with Gasteiger partial charge in [-0.3, -0.25) is 9.59 Å². The average molecular weight is 291 g/mol. The Morgan fingerprint density at radius 2 is 1.90 bits per heavy atom. The maximum Gasteiger partial charge on any atom is 0.308 e. The van der Waals surface area contributed by atoms with E-state index in [0.29, 0.717) is 32.4 Å². The zero-order chi connectivity index (χ0) is 15.2. The van der Waals surface area contributed by atoms with Crippen molar-refractivity contribution in [3.05, 3.63) is 35.9 Å². The van der Waals surface area contributed by atoms with Crippen molar-refractivity contribution in [3.8, 4) is 0 Å². The quantitative estimate of drug-likeness (QED) is 0.841. The molecule has 2 rings (SSSR count). The number of ether oxygens (including phenoxy) is 1. The molecule has 114 valence electrons. The van der Waals surface area contributed by atoms with Crippen LogP contribution in [0.4, 0.5) is 0 Å². The summed E-state index contributed by atoms with van der Waals surface area (Å²) in [6.45, 7) is 0.981. The zero-order valence-corrected chi connectivity index (χ0v) is 12.2. The summed E-state index contributed by atoms with van der Waals surface area (Å²) in [5, 5.41) is 10.1. The maximum absolute atomic E-state index is 12.2. The number of methoxy groups -OCH3 is 1. The summed E-state index contributed by atoms with van der Waals surface area (Å²) in [5.74, 6) is -0.612. The molecule has 1 aliphatic rings. The highest BCUT2D eigenvalue weighted by Gasteiger charge is 2.30. The van der Waals surface area contributed by atoms with E-state index in [9.17, 15) is 14.7 Å². The molecule has 1 aromatic rings. The number of carbonyl (C=O) groups excluding carboxylic acids is 2. The van der Waals surface area contributed by atoms with E-state index in [4.69, 9.17) is 4.74 Å². The van der Waals surface area contributed by atoms with Gasteiger partial charge in [0, 0.05) is 19.5 Å². The summed E-state index contributed by atoms with van der Waals surface area (Å²) in [5.41, 5.74) is 0.933. The molecule has 0 spiro atoms. The fraction of sp³-hybridized carbons (Fsp3) is 0.500. The Bertz CT molecular complexity index is 480. The number of hydrogen-bond donors (Lipinski definition) is 1. The summed E-state index contributed by atoms with van der Waals surface area (Å²) in [7, 11) is 1.38. The molecule has 0 aliphatic carbocycles. The first-order valence-corrected chi connectivity index (χ1v) is 7.20. The first-order chi connectivity index (χ1) is 10.1. The van der Waals surface area contributed by atoms with Gasteiger partial charge in [-0.05, 0) is 18.4 Å². The Kier molecular flexibility index (Phi) is 5.33. The molecule has 1 N–H and O–H groups in total. The number of likely N-dealkylation sites (tertiary alicyclic amines) is 1. The molecular weight excluding hydrogens is 270 g/mol. The van der Waals surface area contributed by atoms with E-state index in [1.165, 1.54) is 7.11 Å². The van der Waals surface area contributed by atoms with Crippen LogP contribution in [0.5, 0.6) is 0 Å². The van der Waals surface area contributed by atoms with Crippen LogP contribution in [0.2, 0.25) is 0 Å². The standard InChI is InChI=1S/C16H21NO4/c1-21-16(20)13-7-9-17(10-8-13)15(19)14(18)11-12-5-3-2-4-6-12/h2-6,13-14,18H,7-11H2,1H3/t14-/m0/s1. The molecule has 0 radical (unpaired) electrons. The van der Waals surface area contributed by atoms with Gasteiger partial charge in [0.2, 0.25) is 0 Å². The van der Waals surface area contributed by atoms with Gasteiger partial charge in [-0.1, -0.05) is 30.3 Å². The van der Waals surface area contributed by atoms with Gasteiger partial charge in [0.1, 0.15) is 6.10 Å². The summed E-state index contributed by atoms with van der Waals surface area (Å²) >= 11 is 0. The van der Waals surface area contributed by atoms with Crippen LogP contribution < -0.4 is 0 Å². The van der Waals surface area contributed by atoms with E-state index in [-0.39, 0.29) is 17.8 Å². The van der Waals surface area contributed by atoms with Gasteiger partial charge in [0.25, 0.3) is 5.91 Å². The summed E-state index contributed by atoms with van der Waals surface area (Å²) in [6.07, 6.45) is 0.478. The molecule has 1 aromatic carbocycles. The third kappa shape index (κ3) is 4.04. The number of rotatable bonds is 4. The summed E-state index contributed by atoms with van der Waals surface area (Å²) in [6, 6.07) is 9.44. The number of aliphatic hydroxyl groups excluding tert-OH is 1. The molecule has 1 fully saturated rings. The van der Waals surface area contributed by atoms with E-state index >= 15 is 0 Å². The van der Waals surface area contributed by atoms with Crippen molar-refractivity contribution in [2.24, 2.45) is 5.92 Å². The Labute approximate surface area is 124 Å². The predicted molar refractivity (Wildman–Crippen MR) is 77.5 cm³/mol. The first-order valence-electron chi connectivity index (χ1n) is 7.20. The van der Waals surface area contributed by atoms with Crippen LogP contribution in [0.1, 0.15) is 18.4 Å². The van der Waals surface area contributed by atoms with Gasteiger partial charge in [0.15, 0.2) is 0 Å². The monoisotopic (exact) mass is 291 g/mol. The summed E-state index contributed by atoms with van der Waals surface area (Å²) < 4.78 is 4.72. The number of amides is 1. The number of nitrogens with zero attached hydrogens (tertiary/aromatic N) is 1. The fourth-order valence-corrected chi connectivity index (χ4v) is 2.64. The minimum absolute atomic E-state index is 0.134. The number of benzene rings is 1. The average Bonchev–Trinajstić information content (AvgIpc) is 2.54. The van der Waals surface area contributed by atoms with Gasteiger partial charge in [-0.15, -0.1) is 0 Å². The molecule has 0 saturated carbocycles. The SMILES string of the molecule is COC(=O)C1CCN(C(=O)[C@@H](O)Cc2ccccc2)CC1. The molecule has 1 heterocycles. The Balaban J connectivity index is 1.85. The normalized spacial score (nSPS) is 17.3.